The number of amides is 4. The van der Waals surface area contributed by atoms with E-state index in [2.05, 4.69) is 15.2 Å². The number of rotatable bonds is 4. The SMILES string of the molecule is O=C1CCC(N2Cc3cc(-c4nccc(CN5CC6(CCCCN6C(=O)O)C5)c4F)ccc3C2=O)C(=O)N1. The van der Waals surface area contributed by atoms with Crippen molar-refractivity contribution in [3.8, 4) is 11.3 Å². The summed E-state index contributed by atoms with van der Waals surface area (Å²) in [5, 5.41) is 11.9. The molecule has 1 aromatic carbocycles. The molecule has 4 aliphatic rings. The van der Waals surface area contributed by atoms with Crippen LogP contribution in [0.4, 0.5) is 9.18 Å². The van der Waals surface area contributed by atoms with Crippen LogP contribution in [0, 0.1) is 5.82 Å². The van der Waals surface area contributed by atoms with E-state index in [0.29, 0.717) is 48.4 Å². The number of hydrogen-bond acceptors (Lipinski definition) is 6. The number of likely N-dealkylation sites (tertiary alicyclic amines) is 2. The number of hydrogen-bond donors (Lipinski definition) is 2. The van der Waals surface area contributed by atoms with E-state index < -0.39 is 23.9 Å². The van der Waals surface area contributed by atoms with Gasteiger partial charge in [-0.2, -0.15) is 0 Å². The van der Waals surface area contributed by atoms with Crippen molar-refractivity contribution < 1.29 is 28.7 Å². The quantitative estimate of drug-likeness (QED) is 0.592. The van der Waals surface area contributed by atoms with Gasteiger partial charge in [0.05, 0.1) is 5.54 Å². The number of imide groups is 1. The molecule has 0 aliphatic carbocycles. The van der Waals surface area contributed by atoms with E-state index in [1.165, 1.54) is 4.90 Å². The van der Waals surface area contributed by atoms with Gasteiger partial charge in [-0.05, 0) is 49.4 Å². The Bertz CT molecular complexity index is 1360. The summed E-state index contributed by atoms with van der Waals surface area (Å²) >= 11 is 0. The van der Waals surface area contributed by atoms with E-state index in [0.717, 1.165) is 19.3 Å². The van der Waals surface area contributed by atoms with Crippen LogP contribution in [0.25, 0.3) is 11.3 Å². The molecule has 38 heavy (non-hydrogen) atoms. The van der Waals surface area contributed by atoms with E-state index in [-0.39, 0.29) is 42.4 Å². The lowest BCUT2D eigenvalue weighted by Gasteiger charge is -2.57. The van der Waals surface area contributed by atoms with E-state index in [9.17, 15) is 24.3 Å². The van der Waals surface area contributed by atoms with Crippen LogP contribution in [0.5, 0.6) is 0 Å². The highest BCUT2D eigenvalue weighted by molar-refractivity contribution is 6.05. The van der Waals surface area contributed by atoms with Crippen molar-refractivity contribution in [1.29, 1.82) is 0 Å². The maximum Gasteiger partial charge on any atom is 0.407 e. The lowest BCUT2D eigenvalue weighted by molar-refractivity contribution is -0.136. The summed E-state index contributed by atoms with van der Waals surface area (Å²) in [4.78, 5) is 57.8. The smallest absolute Gasteiger partial charge is 0.407 e. The third-order valence-corrected chi connectivity index (χ3v) is 8.27. The molecule has 0 radical (unpaired) electrons. The molecule has 4 aliphatic heterocycles. The molecule has 11 heteroatoms. The molecule has 5 heterocycles. The first-order chi connectivity index (χ1) is 18.3. The number of carboxylic acid groups (broad SMARTS) is 1. The van der Waals surface area contributed by atoms with E-state index in [4.69, 9.17) is 0 Å². The van der Waals surface area contributed by atoms with Gasteiger partial charge in [0.2, 0.25) is 11.8 Å². The third-order valence-electron chi connectivity index (χ3n) is 8.27. The fraction of sp³-hybridized carbons (Fsp3) is 0.444. The number of aromatic nitrogens is 1. The van der Waals surface area contributed by atoms with E-state index in [1.54, 1.807) is 35.4 Å². The lowest BCUT2D eigenvalue weighted by Crippen LogP contribution is -2.72. The Morgan fingerprint density at radius 3 is 2.76 bits per heavy atom. The average molecular weight is 522 g/mol. The van der Waals surface area contributed by atoms with E-state index in [1.807, 2.05) is 0 Å². The number of pyridine rings is 1. The number of fused-ring (bicyclic) bond motifs is 1. The van der Waals surface area contributed by atoms with Crippen molar-refractivity contribution in [1.82, 2.24) is 25.0 Å². The number of nitrogens with zero attached hydrogens (tertiary/aromatic N) is 4. The minimum atomic E-state index is -0.895. The number of halogens is 1. The molecule has 1 spiro atoms. The maximum atomic E-state index is 15.6. The summed E-state index contributed by atoms with van der Waals surface area (Å²) in [5.74, 6) is -1.55. The molecule has 198 valence electrons. The molecule has 1 unspecified atom stereocenters. The Morgan fingerprint density at radius 2 is 2.00 bits per heavy atom. The van der Waals surface area contributed by atoms with Gasteiger partial charge in [-0.3, -0.25) is 29.6 Å². The fourth-order valence-corrected chi connectivity index (χ4v) is 6.39. The van der Waals surface area contributed by atoms with Gasteiger partial charge in [0, 0.05) is 62.0 Å². The highest BCUT2D eigenvalue weighted by Gasteiger charge is 2.50. The highest BCUT2D eigenvalue weighted by atomic mass is 19.1. The molecular weight excluding hydrogens is 493 g/mol. The molecule has 6 rings (SSSR count). The molecule has 2 N–H and O–H groups in total. The first-order valence-electron chi connectivity index (χ1n) is 12.9. The fourth-order valence-electron chi connectivity index (χ4n) is 6.39. The molecule has 0 bridgehead atoms. The van der Waals surface area contributed by atoms with Crippen molar-refractivity contribution in [3.05, 3.63) is 53.0 Å². The predicted octanol–water partition coefficient (Wildman–Crippen LogP) is 2.37. The zero-order chi connectivity index (χ0) is 26.6. The summed E-state index contributed by atoms with van der Waals surface area (Å²) in [6, 6.07) is 5.96. The van der Waals surface area contributed by atoms with Crippen molar-refractivity contribution in [3.63, 3.8) is 0 Å². The summed E-state index contributed by atoms with van der Waals surface area (Å²) in [5.41, 5.74) is 1.94. The molecule has 0 saturated carbocycles. The largest absolute Gasteiger partial charge is 0.465 e. The van der Waals surface area contributed by atoms with Gasteiger partial charge < -0.3 is 14.9 Å². The number of piperidine rings is 2. The number of benzene rings is 1. The van der Waals surface area contributed by atoms with Gasteiger partial charge in [-0.1, -0.05) is 6.07 Å². The van der Waals surface area contributed by atoms with Gasteiger partial charge in [0.15, 0.2) is 5.82 Å². The van der Waals surface area contributed by atoms with Crippen LogP contribution in [0.2, 0.25) is 0 Å². The van der Waals surface area contributed by atoms with E-state index >= 15 is 4.39 Å². The number of carbonyl (C=O) groups excluding carboxylic acids is 3. The molecule has 3 saturated heterocycles. The van der Waals surface area contributed by atoms with Crippen molar-refractivity contribution in [2.24, 2.45) is 0 Å². The topological polar surface area (TPSA) is 123 Å². The van der Waals surface area contributed by atoms with Gasteiger partial charge in [-0.25, -0.2) is 9.18 Å². The second kappa shape index (κ2) is 9.16. The molecule has 1 atom stereocenters. The van der Waals surface area contributed by atoms with Crippen LogP contribution in [-0.4, -0.2) is 79.8 Å². The third kappa shape index (κ3) is 4.01. The average Bonchev–Trinajstić information content (AvgIpc) is 3.19. The zero-order valence-electron chi connectivity index (χ0n) is 20.8. The molecular formula is C27H28FN5O5. The number of nitrogens with one attached hydrogen (secondary N) is 1. The minimum absolute atomic E-state index is 0.177. The van der Waals surface area contributed by atoms with Gasteiger partial charge >= 0.3 is 6.09 Å². The summed E-state index contributed by atoms with van der Waals surface area (Å²) in [6.45, 7) is 2.24. The Labute approximate surface area is 218 Å². The van der Waals surface area contributed by atoms with Crippen LogP contribution >= 0.6 is 0 Å². The summed E-state index contributed by atoms with van der Waals surface area (Å²) < 4.78 is 15.6. The Morgan fingerprint density at radius 1 is 1.18 bits per heavy atom. The van der Waals surface area contributed by atoms with Crippen molar-refractivity contribution in [2.45, 2.75) is 56.8 Å². The lowest BCUT2D eigenvalue weighted by atomic mass is 9.79. The Balaban J connectivity index is 1.18. The Kier molecular flexibility index (Phi) is 5.90. The second-order valence-electron chi connectivity index (χ2n) is 10.7. The van der Waals surface area contributed by atoms with Crippen LogP contribution in [-0.2, 0) is 22.7 Å². The maximum absolute atomic E-state index is 15.6. The van der Waals surface area contributed by atoms with Crippen molar-refractivity contribution in [2.75, 3.05) is 19.6 Å². The standard InChI is InChI=1S/C27H28FN5O5/c28-22-17(12-31-14-27(15-31)8-1-2-10-33(27)26(37)38)7-9-29-23(22)16-3-4-19-18(11-16)13-32(25(19)36)20-5-6-21(34)30-24(20)35/h3-4,7,9,11,20H,1-2,5-6,8,10,12-15H2,(H,37,38)(H,30,34,35). The van der Waals surface area contributed by atoms with Gasteiger partial charge in [0.25, 0.3) is 5.91 Å². The van der Waals surface area contributed by atoms with Gasteiger partial charge in [-0.15, -0.1) is 0 Å². The molecule has 10 nitrogen and oxygen atoms in total. The highest BCUT2D eigenvalue weighted by Crippen LogP contribution is 2.38. The molecule has 3 fully saturated rings. The van der Waals surface area contributed by atoms with Crippen molar-refractivity contribution >= 4 is 23.8 Å². The first kappa shape index (κ1) is 24.5. The summed E-state index contributed by atoms with van der Waals surface area (Å²) in [7, 11) is 0. The summed E-state index contributed by atoms with van der Waals surface area (Å²) in [6.07, 6.45) is 3.80. The molecule has 2 aromatic rings. The zero-order valence-corrected chi connectivity index (χ0v) is 20.8. The predicted molar refractivity (Wildman–Crippen MR) is 132 cm³/mol. The molecule has 1 aromatic heterocycles. The van der Waals surface area contributed by atoms with Gasteiger partial charge in [0.1, 0.15) is 11.7 Å². The van der Waals surface area contributed by atoms with Crippen LogP contribution in [0.3, 0.4) is 0 Å². The first-order valence-corrected chi connectivity index (χ1v) is 12.9. The Hall–Kier alpha value is -3.86. The second-order valence-corrected chi connectivity index (χ2v) is 10.7. The number of carbonyl (C=O) groups is 4. The molecule has 4 amide bonds. The minimum Gasteiger partial charge on any atom is -0.465 e. The normalized spacial score (nSPS) is 22.9. The van der Waals surface area contributed by atoms with Crippen LogP contribution in [0.1, 0.15) is 53.6 Å². The monoisotopic (exact) mass is 521 g/mol. The van der Waals surface area contributed by atoms with Crippen LogP contribution < -0.4 is 5.32 Å². The van der Waals surface area contributed by atoms with Crippen LogP contribution in [0.15, 0.2) is 30.5 Å².